The van der Waals surface area contributed by atoms with E-state index in [0.717, 1.165) is 77.3 Å². The summed E-state index contributed by atoms with van der Waals surface area (Å²) in [5.74, 6) is 1.72. The molecule has 4 heterocycles. The molecule has 2 aliphatic carbocycles. The Labute approximate surface area is 439 Å². The van der Waals surface area contributed by atoms with E-state index in [1.807, 2.05) is 42.5 Å². The molecule has 0 saturated heterocycles. The minimum Gasteiger partial charge on any atom is -0.456 e. The third-order valence-electron chi connectivity index (χ3n) is 16.2. The molecule has 0 fully saturated rings. The molecule has 0 amide bonds. The molecule has 0 unspecified atom stereocenters. The molecule has 0 radical (unpaired) electrons. The molecule has 0 N–H and O–H groups in total. The Morgan fingerprint density at radius 3 is 1.45 bits per heavy atom. The number of rotatable bonds is 5. The van der Waals surface area contributed by atoms with Gasteiger partial charge in [0, 0.05) is 58.4 Å². The van der Waals surface area contributed by atoms with E-state index >= 15 is 0 Å². The van der Waals surface area contributed by atoms with Crippen LogP contribution in [-0.4, -0.2) is 15.0 Å². The van der Waals surface area contributed by atoms with E-state index in [1.165, 1.54) is 70.2 Å². The van der Waals surface area contributed by atoms with Gasteiger partial charge in [-0.05, 0) is 133 Å². The van der Waals surface area contributed by atoms with E-state index in [-0.39, 0.29) is 5.41 Å². The third kappa shape index (κ3) is 5.81. The minimum absolute atomic E-state index is 0.373. The molecule has 1 spiro atoms. The van der Waals surface area contributed by atoms with Gasteiger partial charge < -0.3 is 8.83 Å². The van der Waals surface area contributed by atoms with Crippen molar-refractivity contribution in [1.82, 2.24) is 15.0 Å². The van der Waals surface area contributed by atoms with Crippen LogP contribution in [0.4, 0.5) is 0 Å². The second kappa shape index (κ2) is 15.6. The van der Waals surface area contributed by atoms with E-state index < -0.39 is 0 Å². The Morgan fingerprint density at radius 1 is 0.276 bits per heavy atom. The lowest BCUT2D eigenvalue weighted by Gasteiger charge is -2.30. The Kier molecular flexibility index (Phi) is 8.58. The monoisotopic (exact) mass is 985 g/mol. The summed E-state index contributed by atoms with van der Waals surface area (Å²) in [5, 5.41) is 6.32. The van der Waals surface area contributed by atoms with Crippen LogP contribution in [0.1, 0.15) is 22.3 Å². The number of para-hydroxylation sites is 1. The second-order valence-electron chi connectivity index (χ2n) is 20.1. The summed E-state index contributed by atoms with van der Waals surface area (Å²) in [7, 11) is 0. The average Bonchev–Trinajstić information content (AvgIpc) is 4.33. The largest absolute Gasteiger partial charge is 0.456 e. The van der Waals surface area contributed by atoms with Crippen molar-refractivity contribution in [3.8, 4) is 78.7 Å². The number of hydrogen-bond acceptors (Lipinski definition) is 6. The van der Waals surface area contributed by atoms with Gasteiger partial charge in [-0.2, -0.15) is 0 Å². The maximum absolute atomic E-state index is 6.68. The van der Waals surface area contributed by atoms with Crippen LogP contribution in [0.3, 0.4) is 0 Å². The van der Waals surface area contributed by atoms with Crippen molar-refractivity contribution < 1.29 is 8.83 Å². The van der Waals surface area contributed by atoms with Gasteiger partial charge in [0.25, 0.3) is 0 Å². The predicted octanol–water partition coefficient (Wildman–Crippen LogP) is 18.7. The van der Waals surface area contributed by atoms with Crippen LogP contribution in [0.25, 0.3) is 143 Å². The van der Waals surface area contributed by atoms with Gasteiger partial charge in [-0.3, -0.25) is 0 Å². The van der Waals surface area contributed by atoms with Crippen molar-refractivity contribution in [2.45, 2.75) is 5.41 Å². The summed E-state index contributed by atoms with van der Waals surface area (Å²) in [5.41, 5.74) is 20.5. The molecule has 0 aliphatic heterocycles. The van der Waals surface area contributed by atoms with E-state index in [2.05, 4.69) is 194 Å². The smallest absolute Gasteiger partial charge is 0.164 e. The van der Waals surface area contributed by atoms with Crippen LogP contribution >= 0.6 is 11.3 Å². The lowest BCUT2D eigenvalue weighted by atomic mass is 9.70. The van der Waals surface area contributed by atoms with Crippen LogP contribution in [-0.2, 0) is 5.41 Å². The van der Waals surface area contributed by atoms with Gasteiger partial charge in [0.1, 0.15) is 22.3 Å². The summed E-state index contributed by atoms with van der Waals surface area (Å²) in [6.45, 7) is 0. The molecular formula is C70H39N3O2S. The SMILES string of the molecule is c1cc(-c2ccc3c(c2)-c2ccccc2C32c3ccccc3-c3ccccc32)cc(-c2ccc3oc4cccc(-c5nc(-c6ccc7sc8ccccc8c7c6)nc(-c6cccc7oc8ccccc8c67)n5)c4c3c2)c1. The van der Waals surface area contributed by atoms with Crippen molar-refractivity contribution in [3.63, 3.8) is 0 Å². The summed E-state index contributed by atoms with van der Waals surface area (Å²) >= 11 is 1.80. The first-order valence-electron chi connectivity index (χ1n) is 25.7. The molecule has 0 atom stereocenters. The maximum Gasteiger partial charge on any atom is 0.164 e. The first-order valence-corrected chi connectivity index (χ1v) is 26.5. The van der Waals surface area contributed by atoms with Crippen molar-refractivity contribution >= 4 is 75.4 Å². The van der Waals surface area contributed by atoms with Crippen molar-refractivity contribution in [2.24, 2.45) is 0 Å². The predicted molar refractivity (Wildman–Crippen MR) is 311 cm³/mol. The van der Waals surface area contributed by atoms with Crippen molar-refractivity contribution in [3.05, 3.63) is 259 Å². The number of fused-ring (bicyclic) bond motifs is 19. The molecule has 17 rings (SSSR count). The Morgan fingerprint density at radius 2 is 0.737 bits per heavy atom. The van der Waals surface area contributed by atoms with E-state index in [1.54, 1.807) is 11.3 Å². The first-order chi connectivity index (χ1) is 37.6. The zero-order valence-electron chi connectivity index (χ0n) is 40.6. The molecule has 6 heteroatoms. The van der Waals surface area contributed by atoms with Gasteiger partial charge in [-0.25, -0.2) is 15.0 Å². The van der Waals surface area contributed by atoms with Crippen LogP contribution in [0.2, 0.25) is 0 Å². The minimum atomic E-state index is -0.373. The van der Waals surface area contributed by atoms with Gasteiger partial charge in [0.2, 0.25) is 0 Å². The van der Waals surface area contributed by atoms with Crippen LogP contribution in [0.5, 0.6) is 0 Å². The molecule has 5 nitrogen and oxygen atoms in total. The summed E-state index contributed by atoms with van der Waals surface area (Å²) in [4.78, 5) is 16.1. The van der Waals surface area contributed by atoms with Gasteiger partial charge in [-0.1, -0.05) is 170 Å². The van der Waals surface area contributed by atoms with Gasteiger partial charge in [0.15, 0.2) is 17.5 Å². The lowest BCUT2D eigenvalue weighted by Crippen LogP contribution is -2.25. The Hall–Kier alpha value is -9.75. The normalized spacial score (nSPS) is 13.1. The fourth-order valence-electron chi connectivity index (χ4n) is 12.9. The third-order valence-corrected chi connectivity index (χ3v) is 17.3. The van der Waals surface area contributed by atoms with Crippen LogP contribution in [0.15, 0.2) is 245 Å². The van der Waals surface area contributed by atoms with Gasteiger partial charge in [0.05, 0.1) is 5.41 Å². The number of benzene rings is 11. The fourth-order valence-corrected chi connectivity index (χ4v) is 14.0. The van der Waals surface area contributed by atoms with Gasteiger partial charge >= 0.3 is 0 Å². The van der Waals surface area contributed by atoms with E-state index in [0.29, 0.717) is 17.5 Å². The number of aromatic nitrogens is 3. The highest BCUT2D eigenvalue weighted by molar-refractivity contribution is 7.25. The molecule has 352 valence electrons. The van der Waals surface area contributed by atoms with Crippen LogP contribution in [0, 0.1) is 0 Å². The molecule has 4 aromatic heterocycles. The Bertz CT molecular complexity index is 4930. The standard InChI is InChI=1S/C70H39N3O2S/c1-6-23-55-45(16-1)46-17-2-7-24-56(46)70(55)57-25-8-3-18-47(57)52-37-42(30-33-58(52)70)40-14-11-15-41(36-40)43-31-34-60-54(38-43)66-51(22-13-28-62(66)75-60)69-72-67(44-32-35-64-53(39-44)48-19-5-10-29-63(48)76-64)71-68(73-69)50-21-12-27-61-65(50)49-20-4-9-26-59(49)74-61/h1-39H. The van der Waals surface area contributed by atoms with Crippen LogP contribution < -0.4 is 0 Å². The van der Waals surface area contributed by atoms with E-state index in [9.17, 15) is 0 Å². The number of nitrogens with zero attached hydrogens (tertiary/aromatic N) is 3. The highest BCUT2D eigenvalue weighted by Gasteiger charge is 2.51. The molecule has 0 saturated carbocycles. The molecule has 2 aliphatic rings. The quantitative estimate of drug-likeness (QED) is 0.172. The summed E-state index contributed by atoms with van der Waals surface area (Å²) in [6.07, 6.45) is 0. The summed E-state index contributed by atoms with van der Waals surface area (Å²) in [6, 6.07) is 85.1. The summed E-state index contributed by atoms with van der Waals surface area (Å²) < 4.78 is 15.5. The first kappa shape index (κ1) is 41.7. The zero-order valence-corrected chi connectivity index (χ0v) is 41.4. The highest BCUT2D eigenvalue weighted by atomic mass is 32.1. The van der Waals surface area contributed by atoms with Gasteiger partial charge in [-0.15, -0.1) is 11.3 Å². The Balaban J connectivity index is 0.812. The molecule has 76 heavy (non-hydrogen) atoms. The molecular weight excluding hydrogens is 947 g/mol. The number of hydrogen-bond donors (Lipinski definition) is 0. The zero-order chi connectivity index (χ0) is 49.6. The fraction of sp³-hybridized carbons (Fsp3) is 0.0143. The van der Waals surface area contributed by atoms with Crippen molar-refractivity contribution in [2.75, 3.05) is 0 Å². The van der Waals surface area contributed by atoms with Crippen molar-refractivity contribution in [1.29, 1.82) is 0 Å². The second-order valence-corrected chi connectivity index (χ2v) is 21.2. The molecule has 0 bridgehead atoms. The number of thiophene rings is 1. The maximum atomic E-state index is 6.68. The highest BCUT2D eigenvalue weighted by Crippen LogP contribution is 2.63. The average molecular weight is 986 g/mol. The van der Waals surface area contributed by atoms with E-state index in [4.69, 9.17) is 23.8 Å². The topological polar surface area (TPSA) is 65.0 Å². The molecule has 15 aromatic rings. The molecule has 11 aromatic carbocycles. The number of furan rings is 2. The lowest BCUT2D eigenvalue weighted by molar-refractivity contribution is 0.668.